The Morgan fingerprint density at radius 2 is 2.16 bits per heavy atom. The molecule has 1 saturated heterocycles. The molecule has 0 aliphatic carbocycles. The fourth-order valence-corrected chi connectivity index (χ4v) is 2.12. The standard InChI is InChI=1S/C13H18ClN3O2/c1-9(17-4-6-19-7-5-17)13(18)16-10-2-3-11(14)12(15)8-10/h2-3,8-9H,4-7,15H2,1H3,(H,16,18). The zero-order valence-corrected chi connectivity index (χ0v) is 11.6. The Morgan fingerprint density at radius 3 is 2.79 bits per heavy atom. The third-order valence-electron chi connectivity index (χ3n) is 3.24. The highest BCUT2D eigenvalue weighted by Crippen LogP contribution is 2.22. The number of hydrogen-bond donors (Lipinski definition) is 2. The molecule has 2 rings (SSSR count). The van der Waals surface area contributed by atoms with Crippen LogP contribution < -0.4 is 11.1 Å². The van der Waals surface area contributed by atoms with Gasteiger partial charge < -0.3 is 15.8 Å². The summed E-state index contributed by atoms with van der Waals surface area (Å²) in [5, 5.41) is 3.33. The van der Waals surface area contributed by atoms with Gasteiger partial charge in [-0.15, -0.1) is 0 Å². The summed E-state index contributed by atoms with van der Waals surface area (Å²) in [4.78, 5) is 14.2. The van der Waals surface area contributed by atoms with Crippen molar-refractivity contribution in [2.45, 2.75) is 13.0 Å². The number of benzene rings is 1. The number of hydrogen-bond acceptors (Lipinski definition) is 4. The van der Waals surface area contributed by atoms with Crippen molar-refractivity contribution in [3.8, 4) is 0 Å². The van der Waals surface area contributed by atoms with E-state index in [1.807, 2.05) is 6.92 Å². The van der Waals surface area contributed by atoms with Crippen LogP contribution in [0.5, 0.6) is 0 Å². The summed E-state index contributed by atoms with van der Waals surface area (Å²) in [6, 6.07) is 4.88. The van der Waals surface area contributed by atoms with E-state index in [9.17, 15) is 4.79 Å². The number of morpholine rings is 1. The van der Waals surface area contributed by atoms with Crippen LogP contribution in [0.4, 0.5) is 11.4 Å². The summed E-state index contributed by atoms with van der Waals surface area (Å²) >= 11 is 5.84. The Bertz CT molecular complexity index is 461. The number of ether oxygens (including phenoxy) is 1. The number of nitrogens with one attached hydrogen (secondary N) is 1. The third kappa shape index (κ3) is 3.59. The number of amides is 1. The molecule has 0 spiro atoms. The van der Waals surface area contributed by atoms with Gasteiger partial charge in [0.25, 0.3) is 0 Å². The van der Waals surface area contributed by atoms with Gasteiger partial charge in [-0.05, 0) is 25.1 Å². The zero-order valence-electron chi connectivity index (χ0n) is 10.9. The monoisotopic (exact) mass is 283 g/mol. The van der Waals surface area contributed by atoms with Crippen molar-refractivity contribution in [1.29, 1.82) is 0 Å². The molecule has 104 valence electrons. The predicted octanol–water partition coefficient (Wildman–Crippen LogP) is 1.58. The second kappa shape index (κ2) is 6.23. The number of nitrogens with zero attached hydrogens (tertiary/aromatic N) is 1. The topological polar surface area (TPSA) is 67.6 Å². The van der Waals surface area contributed by atoms with Crippen LogP contribution in [-0.2, 0) is 9.53 Å². The van der Waals surface area contributed by atoms with E-state index in [-0.39, 0.29) is 11.9 Å². The summed E-state index contributed by atoms with van der Waals surface area (Å²) in [7, 11) is 0. The van der Waals surface area contributed by atoms with Crippen molar-refractivity contribution in [3.63, 3.8) is 0 Å². The van der Waals surface area contributed by atoms with E-state index in [2.05, 4.69) is 10.2 Å². The molecule has 5 nitrogen and oxygen atoms in total. The normalized spacial score (nSPS) is 18.0. The van der Waals surface area contributed by atoms with Crippen LogP contribution in [0.1, 0.15) is 6.92 Å². The minimum atomic E-state index is -0.194. The van der Waals surface area contributed by atoms with Gasteiger partial charge in [-0.3, -0.25) is 9.69 Å². The summed E-state index contributed by atoms with van der Waals surface area (Å²) in [6.07, 6.45) is 0. The first-order valence-corrected chi connectivity index (χ1v) is 6.63. The van der Waals surface area contributed by atoms with E-state index >= 15 is 0 Å². The highest BCUT2D eigenvalue weighted by Gasteiger charge is 2.23. The molecule has 1 amide bonds. The molecule has 1 aromatic rings. The number of nitrogen functional groups attached to an aromatic ring is 1. The second-order valence-electron chi connectivity index (χ2n) is 4.55. The Hall–Kier alpha value is -1.30. The lowest BCUT2D eigenvalue weighted by Crippen LogP contribution is -2.47. The largest absolute Gasteiger partial charge is 0.397 e. The average Bonchev–Trinajstić information content (AvgIpc) is 2.43. The van der Waals surface area contributed by atoms with E-state index in [1.165, 1.54) is 0 Å². The van der Waals surface area contributed by atoms with E-state index in [1.54, 1.807) is 18.2 Å². The fourth-order valence-electron chi connectivity index (χ4n) is 2.00. The first kappa shape index (κ1) is 14.1. The van der Waals surface area contributed by atoms with Crippen molar-refractivity contribution >= 4 is 28.9 Å². The second-order valence-corrected chi connectivity index (χ2v) is 4.96. The molecule has 1 aromatic carbocycles. The van der Waals surface area contributed by atoms with E-state index < -0.39 is 0 Å². The first-order chi connectivity index (χ1) is 9.08. The van der Waals surface area contributed by atoms with E-state index in [0.717, 1.165) is 13.1 Å². The SMILES string of the molecule is CC(C(=O)Nc1ccc(Cl)c(N)c1)N1CCOCC1. The van der Waals surface area contributed by atoms with Gasteiger partial charge in [-0.2, -0.15) is 0 Å². The summed E-state index contributed by atoms with van der Waals surface area (Å²) in [6.45, 7) is 4.78. The average molecular weight is 284 g/mol. The van der Waals surface area contributed by atoms with Gasteiger partial charge in [0, 0.05) is 18.8 Å². The minimum absolute atomic E-state index is 0.0522. The highest BCUT2D eigenvalue weighted by atomic mass is 35.5. The van der Waals surface area contributed by atoms with Crippen LogP contribution in [0.25, 0.3) is 0 Å². The van der Waals surface area contributed by atoms with Crippen LogP contribution >= 0.6 is 11.6 Å². The van der Waals surface area contributed by atoms with E-state index in [4.69, 9.17) is 22.1 Å². The number of nitrogens with two attached hydrogens (primary N) is 1. The third-order valence-corrected chi connectivity index (χ3v) is 3.58. The Labute approximate surface area is 117 Å². The van der Waals surface area contributed by atoms with Gasteiger partial charge in [0.1, 0.15) is 0 Å². The Balaban J connectivity index is 1.97. The maximum atomic E-state index is 12.1. The van der Waals surface area contributed by atoms with Gasteiger partial charge in [0.15, 0.2) is 0 Å². The number of anilines is 2. The maximum absolute atomic E-state index is 12.1. The van der Waals surface area contributed by atoms with Crippen molar-refractivity contribution in [2.75, 3.05) is 37.4 Å². The number of rotatable bonds is 3. The molecule has 1 unspecified atom stereocenters. The molecule has 6 heteroatoms. The van der Waals surface area contributed by atoms with Crippen molar-refractivity contribution in [3.05, 3.63) is 23.2 Å². The van der Waals surface area contributed by atoms with Crippen LogP contribution in [0, 0.1) is 0 Å². The molecular weight excluding hydrogens is 266 g/mol. The fraction of sp³-hybridized carbons (Fsp3) is 0.462. The molecule has 1 heterocycles. The van der Waals surface area contributed by atoms with Crippen molar-refractivity contribution in [2.24, 2.45) is 0 Å². The van der Waals surface area contributed by atoms with Crippen LogP contribution in [0.15, 0.2) is 18.2 Å². The highest BCUT2D eigenvalue weighted by molar-refractivity contribution is 6.33. The lowest BCUT2D eigenvalue weighted by atomic mass is 10.2. The van der Waals surface area contributed by atoms with Crippen molar-refractivity contribution < 1.29 is 9.53 Å². The Morgan fingerprint density at radius 1 is 1.47 bits per heavy atom. The van der Waals surface area contributed by atoms with Gasteiger partial charge in [-0.25, -0.2) is 0 Å². The van der Waals surface area contributed by atoms with Crippen LogP contribution in [0.3, 0.4) is 0 Å². The molecule has 1 aliphatic heterocycles. The van der Waals surface area contributed by atoms with Crippen molar-refractivity contribution in [1.82, 2.24) is 4.90 Å². The van der Waals surface area contributed by atoms with Gasteiger partial charge in [0.05, 0.1) is 30.0 Å². The number of carbonyl (C=O) groups excluding carboxylic acids is 1. The Kier molecular flexibility index (Phi) is 4.63. The zero-order chi connectivity index (χ0) is 13.8. The minimum Gasteiger partial charge on any atom is -0.397 e. The van der Waals surface area contributed by atoms with Gasteiger partial charge in [0.2, 0.25) is 5.91 Å². The van der Waals surface area contributed by atoms with E-state index in [0.29, 0.717) is 29.6 Å². The quantitative estimate of drug-likeness (QED) is 0.827. The molecule has 0 radical (unpaired) electrons. The molecule has 1 fully saturated rings. The molecule has 0 saturated carbocycles. The molecular formula is C13H18ClN3O2. The summed E-state index contributed by atoms with van der Waals surface area (Å²) in [5.74, 6) is -0.0522. The smallest absolute Gasteiger partial charge is 0.241 e. The predicted molar refractivity (Wildman–Crippen MR) is 76.3 cm³/mol. The molecule has 3 N–H and O–H groups in total. The molecule has 0 bridgehead atoms. The maximum Gasteiger partial charge on any atom is 0.241 e. The van der Waals surface area contributed by atoms with Gasteiger partial charge in [-0.1, -0.05) is 11.6 Å². The first-order valence-electron chi connectivity index (χ1n) is 6.25. The van der Waals surface area contributed by atoms with Crippen LogP contribution in [0.2, 0.25) is 5.02 Å². The lowest BCUT2D eigenvalue weighted by molar-refractivity contribution is -0.122. The molecule has 19 heavy (non-hydrogen) atoms. The summed E-state index contributed by atoms with van der Waals surface area (Å²) in [5.41, 5.74) is 6.82. The lowest BCUT2D eigenvalue weighted by Gasteiger charge is -2.31. The van der Waals surface area contributed by atoms with Crippen LogP contribution in [-0.4, -0.2) is 43.2 Å². The van der Waals surface area contributed by atoms with Gasteiger partial charge >= 0.3 is 0 Å². The number of carbonyl (C=O) groups is 1. The molecule has 1 atom stereocenters. The summed E-state index contributed by atoms with van der Waals surface area (Å²) < 4.78 is 5.27. The molecule has 0 aromatic heterocycles. The number of halogens is 1. The molecule has 1 aliphatic rings.